The Morgan fingerprint density at radius 1 is 1.62 bits per heavy atom. The lowest BCUT2D eigenvalue weighted by Gasteiger charge is -2.07. The van der Waals surface area contributed by atoms with Crippen LogP contribution < -0.4 is 16.6 Å². The molecular weight excluding hydrogens is 188 g/mol. The van der Waals surface area contributed by atoms with Gasteiger partial charge in [-0.2, -0.15) is 11.8 Å². The van der Waals surface area contributed by atoms with Gasteiger partial charge in [-0.3, -0.25) is 5.43 Å². The van der Waals surface area contributed by atoms with Gasteiger partial charge in [-0.05, 0) is 6.26 Å². The molecule has 0 aliphatic carbocycles. The van der Waals surface area contributed by atoms with Gasteiger partial charge in [-0.1, -0.05) is 0 Å². The number of ether oxygens (including phenoxy) is 1. The fourth-order valence-electron chi connectivity index (χ4n) is 0.673. The zero-order valence-corrected chi connectivity index (χ0v) is 8.99. The fraction of sp³-hybridized carbons (Fsp3) is 0.857. The molecule has 0 saturated heterocycles. The van der Waals surface area contributed by atoms with Crippen LogP contribution in [-0.2, 0) is 4.74 Å². The van der Waals surface area contributed by atoms with Crippen LogP contribution in [0.4, 0.5) is 0 Å². The Kier molecular flexibility index (Phi) is 9.29. The molecule has 0 rings (SSSR count). The summed E-state index contributed by atoms with van der Waals surface area (Å²) in [4.78, 5) is 4.14. The van der Waals surface area contributed by atoms with Gasteiger partial charge in [-0.15, -0.1) is 0 Å². The molecule has 0 heterocycles. The number of hydrogen-bond donors (Lipinski definition) is 3. The molecule has 0 aromatic rings. The van der Waals surface area contributed by atoms with Crippen molar-refractivity contribution in [3.8, 4) is 0 Å². The van der Waals surface area contributed by atoms with E-state index in [2.05, 4.69) is 22.0 Å². The molecule has 0 saturated carbocycles. The Morgan fingerprint density at radius 3 is 2.92 bits per heavy atom. The second-order valence-electron chi connectivity index (χ2n) is 2.29. The minimum absolute atomic E-state index is 0.607. The van der Waals surface area contributed by atoms with Gasteiger partial charge in [0.2, 0.25) is 5.96 Å². The van der Waals surface area contributed by atoms with E-state index in [1.54, 1.807) is 18.9 Å². The zero-order chi connectivity index (χ0) is 9.94. The van der Waals surface area contributed by atoms with E-state index in [0.717, 1.165) is 12.3 Å². The second kappa shape index (κ2) is 9.63. The van der Waals surface area contributed by atoms with E-state index < -0.39 is 0 Å². The summed E-state index contributed by atoms with van der Waals surface area (Å²) in [7, 11) is 1.65. The van der Waals surface area contributed by atoms with Crippen molar-refractivity contribution in [2.45, 2.75) is 0 Å². The molecule has 0 fully saturated rings. The smallest absolute Gasteiger partial charge is 0.205 e. The molecule has 0 amide bonds. The van der Waals surface area contributed by atoms with E-state index in [0.29, 0.717) is 19.1 Å². The van der Waals surface area contributed by atoms with Crippen molar-refractivity contribution in [2.24, 2.45) is 10.8 Å². The number of guanidine groups is 1. The monoisotopic (exact) mass is 206 g/mol. The Hall–Kier alpha value is -0.460. The number of hydrogen-bond acceptors (Lipinski definition) is 4. The Bertz CT molecular complexity index is 142. The zero-order valence-electron chi connectivity index (χ0n) is 8.17. The minimum atomic E-state index is 0.607. The largest absolute Gasteiger partial charge is 0.383 e. The van der Waals surface area contributed by atoms with Crippen LogP contribution in [-0.4, -0.2) is 44.8 Å². The maximum Gasteiger partial charge on any atom is 0.205 e. The normalized spacial score (nSPS) is 11.5. The van der Waals surface area contributed by atoms with E-state index in [-0.39, 0.29) is 0 Å². The Morgan fingerprint density at radius 2 is 2.38 bits per heavy atom. The summed E-state index contributed by atoms with van der Waals surface area (Å²) in [5.41, 5.74) is 2.49. The van der Waals surface area contributed by atoms with E-state index in [1.807, 2.05) is 0 Å². The highest BCUT2D eigenvalue weighted by Gasteiger charge is 1.92. The molecule has 0 atom stereocenters. The number of nitrogens with one attached hydrogen (secondary N) is 2. The van der Waals surface area contributed by atoms with Gasteiger partial charge < -0.3 is 10.1 Å². The van der Waals surface area contributed by atoms with Crippen LogP contribution in [0.5, 0.6) is 0 Å². The lowest BCUT2D eigenvalue weighted by Crippen LogP contribution is -2.42. The number of nitrogens with two attached hydrogens (primary N) is 1. The third-order valence-corrected chi connectivity index (χ3v) is 1.91. The molecule has 13 heavy (non-hydrogen) atoms. The molecule has 78 valence electrons. The number of hydrazine groups is 1. The summed E-state index contributed by atoms with van der Waals surface area (Å²) < 4.78 is 4.85. The van der Waals surface area contributed by atoms with Crippen molar-refractivity contribution >= 4 is 17.7 Å². The maximum absolute atomic E-state index is 5.25. The van der Waals surface area contributed by atoms with E-state index >= 15 is 0 Å². The van der Waals surface area contributed by atoms with Crippen LogP contribution in [0.15, 0.2) is 4.99 Å². The standard InChI is InChI=1S/C7H18N4OS/c1-12-5-3-9-7(11-8)10-4-6-13-2/h3-6,8H2,1-2H3,(H2,9,10,11). The van der Waals surface area contributed by atoms with Gasteiger partial charge in [0.15, 0.2) is 0 Å². The van der Waals surface area contributed by atoms with Gasteiger partial charge in [0.25, 0.3) is 0 Å². The molecule has 0 unspecified atom stereocenters. The summed E-state index contributed by atoms with van der Waals surface area (Å²) in [6.45, 7) is 2.08. The van der Waals surface area contributed by atoms with Gasteiger partial charge >= 0.3 is 0 Å². The van der Waals surface area contributed by atoms with E-state index in [1.165, 1.54) is 0 Å². The van der Waals surface area contributed by atoms with Crippen molar-refractivity contribution in [3.05, 3.63) is 0 Å². The van der Waals surface area contributed by atoms with Crippen molar-refractivity contribution in [2.75, 3.05) is 38.8 Å². The highest BCUT2D eigenvalue weighted by molar-refractivity contribution is 7.98. The Balaban J connectivity index is 3.54. The molecule has 4 N–H and O–H groups in total. The summed E-state index contributed by atoms with van der Waals surface area (Å²) in [6, 6.07) is 0. The first-order chi connectivity index (χ1) is 6.35. The molecule has 0 radical (unpaired) electrons. The highest BCUT2D eigenvalue weighted by Crippen LogP contribution is 1.86. The van der Waals surface area contributed by atoms with Crippen molar-refractivity contribution < 1.29 is 4.74 Å². The second-order valence-corrected chi connectivity index (χ2v) is 3.27. The van der Waals surface area contributed by atoms with Gasteiger partial charge in [-0.25, -0.2) is 10.8 Å². The predicted octanol–water partition coefficient (Wildman–Crippen LogP) is -0.595. The summed E-state index contributed by atoms with van der Waals surface area (Å²) in [6.07, 6.45) is 2.05. The first-order valence-electron chi connectivity index (χ1n) is 4.08. The van der Waals surface area contributed by atoms with Crippen LogP contribution in [0.3, 0.4) is 0 Å². The first kappa shape index (κ1) is 12.5. The molecule has 0 spiro atoms. The number of aliphatic imine (C=N–C) groups is 1. The fourth-order valence-corrected chi connectivity index (χ4v) is 0.979. The van der Waals surface area contributed by atoms with Gasteiger partial charge in [0.1, 0.15) is 0 Å². The van der Waals surface area contributed by atoms with Crippen molar-refractivity contribution in [3.63, 3.8) is 0 Å². The minimum Gasteiger partial charge on any atom is -0.383 e. The molecule has 0 aliphatic rings. The molecule has 0 aromatic carbocycles. The van der Waals surface area contributed by atoms with E-state index in [9.17, 15) is 0 Å². The third kappa shape index (κ3) is 7.89. The molecular formula is C7H18N4OS. The molecule has 6 heteroatoms. The number of rotatable bonds is 6. The number of thioether (sulfide) groups is 1. The molecule has 0 aromatic heterocycles. The third-order valence-electron chi connectivity index (χ3n) is 1.30. The average molecular weight is 206 g/mol. The first-order valence-corrected chi connectivity index (χ1v) is 5.47. The highest BCUT2D eigenvalue weighted by atomic mass is 32.2. The summed E-state index contributed by atoms with van der Waals surface area (Å²) in [5.74, 6) is 6.90. The average Bonchev–Trinajstić information content (AvgIpc) is 2.16. The van der Waals surface area contributed by atoms with Crippen LogP contribution in [0.2, 0.25) is 0 Å². The molecule has 5 nitrogen and oxygen atoms in total. The quantitative estimate of drug-likeness (QED) is 0.178. The Labute approximate surface area is 83.5 Å². The topological polar surface area (TPSA) is 71.7 Å². The van der Waals surface area contributed by atoms with Crippen molar-refractivity contribution in [1.29, 1.82) is 0 Å². The van der Waals surface area contributed by atoms with Gasteiger partial charge in [0, 0.05) is 19.4 Å². The molecule has 0 aliphatic heterocycles. The van der Waals surface area contributed by atoms with Crippen LogP contribution >= 0.6 is 11.8 Å². The summed E-state index contributed by atoms with van der Waals surface area (Å²) in [5, 5.41) is 3.07. The van der Waals surface area contributed by atoms with Gasteiger partial charge in [0.05, 0.1) is 13.2 Å². The van der Waals surface area contributed by atoms with Crippen LogP contribution in [0.1, 0.15) is 0 Å². The lowest BCUT2D eigenvalue weighted by atomic mass is 10.7. The van der Waals surface area contributed by atoms with Crippen LogP contribution in [0, 0.1) is 0 Å². The number of nitrogens with zero attached hydrogens (tertiary/aromatic N) is 1. The predicted molar refractivity (Wildman–Crippen MR) is 57.9 cm³/mol. The number of methoxy groups -OCH3 is 1. The lowest BCUT2D eigenvalue weighted by molar-refractivity contribution is 0.208. The van der Waals surface area contributed by atoms with E-state index in [4.69, 9.17) is 10.6 Å². The van der Waals surface area contributed by atoms with Crippen LogP contribution in [0.25, 0.3) is 0 Å². The SMILES string of the molecule is COCCN=C(NN)NCCSC. The maximum atomic E-state index is 5.25. The summed E-state index contributed by atoms with van der Waals surface area (Å²) >= 11 is 1.77. The van der Waals surface area contributed by atoms with Crippen molar-refractivity contribution in [1.82, 2.24) is 10.7 Å². The molecule has 0 bridgehead atoms.